The monoisotopic (exact) mass is 308 g/mol. The lowest BCUT2D eigenvalue weighted by atomic mass is 10.1. The molecular weight excluding hydrogens is 295 g/mol. The van der Waals surface area contributed by atoms with Crippen LogP contribution in [0.2, 0.25) is 0 Å². The largest absolute Gasteiger partial charge is 0.379 e. The molecule has 2 nitrogen and oxygen atoms in total. The average Bonchev–Trinajstić information content (AvgIpc) is 2.40. The van der Waals surface area contributed by atoms with Gasteiger partial charge in [-0.3, -0.25) is 0 Å². The zero-order valence-electron chi connectivity index (χ0n) is 9.79. The second kappa shape index (κ2) is 5.98. The Morgan fingerprint density at radius 3 is 2.39 bits per heavy atom. The Morgan fingerprint density at radius 1 is 1.06 bits per heavy atom. The predicted molar refractivity (Wildman–Crippen MR) is 75.8 cm³/mol. The number of benzene rings is 2. The summed E-state index contributed by atoms with van der Waals surface area (Å²) in [7, 11) is 0. The van der Waals surface area contributed by atoms with E-state index in [2.05, 4.69) is 21.2 Å². The molecule has 0 saturated carbocycles. The van der Waals surface area contributed by atoms with Crippen LogP contribution in [0.4, 0.5) is 10.1 Å². The van der Waals surface area contributed by atoms with Gasteiger partial charge in [-0.1, -0.05) is 40.2 Å². The van der Waals surface area contributed by atoms with E-state index in [4.69, 9.17) is 5.73 Å². The molecule has 0 heterocycles. The van der Waals surface area contributed by atoms with Gasteiger partial charge in [0.15, 0.2) is 0 Å². The molecule has 0 amide bonds. The third kappa shape index (κ3) is 3.31. The van der Waals surface area contributed by atoms with Crippen LogP contribution in [0.1, 0.15) is 11.1 Å². The molecule has 0 bridgehead atoms. The Morgan fingerprint density at radius 2 is 1.72 bits per heavy atom. The fourth-order valence-corrected chi connectivity index (χ4v) is 1.98. The van der Waals surface area contributed by atoms with Crippen molar-refractivity contribution in [3.63, 3.8) is 0 Å². The molecule has 0 fully saturated rings. The molecule has 0 spiro atoms. The van der Waals surface area contributed by atoms with E-state index in [0.717, 1.165) is 15.6 Å². The fourth-order valence-electron chi connectivity index (χ4n) is 1.62. The van der Waals surface area contributed by atoms with Gasteiger partial charge in [-0.25, -0.2) is 4.39 Å². The zero-order chi connectivity index (χ0) is 13.0. The minimum atomic E-state index is -0.253. The molecule has 3 N–H and O–H groups in total. The Hall–Kier alpha value is -1.39. The highest BCUT2D eigenvalue weighted by Gasteiger charge is 2.02. The van der Waals surface area contributed by atoms with Crippen LogP contribution >= 0.6 is 15.9 Å². The van der Waals surface area contributed by atoms with Crippen molar-refractivity contribution in [2.24, 2.45) is 5.73 Å². The smallest absolute Gasteiger partial charge is 0.146 e. The van der Waals surface area contributed by atoms with Gasteiger partial charge in [-0.2, -0.15) is 0 Å². The van der Waals surface area contributed by atoms with Gasteiger partial charge in [0.1, 0.15) is 5.82 Å². The van der Waals surface area contributed by atoms with Crippen molar-refractivity contribution >= 4 is 21.6 Å². The second-order valence-electron chi connectivity index (χ2n) is 4.00. The first kappa shape index (κ1) is 13.1. The van der Waals surface area contributed by atoms with Gasteiger partial charge in [0.25, 0.3) is 0 Å². The van der Waals surface area contributed by atoms with E-state index in [-0.39, 0.29) is 5.82 Å². The summed E-state index contributed by atoms with van der Waals surface area (Å²) in [5, 5.41) is 3.07. The highest BCUT2D eigenvalue weighted by Crippen LogP contribution is 2.20. The van der Waals surface area contributed by atoms with Crippen molar-refractivity contribution < 1.29 is 4.39 Å². The zero-order valence-corrected chi connectivity index (χ0v) is 11.4. The SMILES string of the molecule is NCc1ccc(CNc2cc(Br)ccc2F)cc1. The molecule has 0 unspecified atom stereocenters. The fraction of sp³-hybridized carbons (Fsp3) is 0.143. The quantitative estimate of drug-likeness (QED) is 0.904. The summed E-state index contributed by atoms with van der Waals surface area (Å²) in [6, 6.07) is 12.8. The van der Waals surface area contributed by atoms with E-state index in [9.17, 15) is 4.39 Å². The van der Waals surface area contributed by atoms with E-state index in [1.165, 1.54) is 6.07 Å². The molecule has 2 aromatic rings. The van der Waals surface area contributed by atoms with Crippen LogP contribution in [-0.4, -0.2) is 0 Å². The normalized spacial score (nSPS) is 10.4. The first-order valence-corrected chi connectivity index (χ1v) is 6.45. The Bertz CT molecular complexity index is 526. The van der Waals surface area contributed by atoms with E-state index in [0.29, 0.717) is 18.8 Å². The number of halogens is 2. The van der Waals surface area contributed by atoms with Crippen LogP contribution in [0.25, 0.3) is 0 Å². The van der Waals surface area contributed by atoms with E-state index >= 15 is 0 Å². The highest BCUT2D eigenvalue weighted by atomic mass is 79.9. The third-order valence-electron chi connectivity index (χ3n) is 2.67. The third-order valence-corrected chi connectivity index (χ3v) is 3.16. The number of anilines is 1. The van der Waals surface area contributed by atoms with E-state index in [1.54, 1.807) is 12.1 Å². The lowest BCUT2D eigenvalue weighted by Gasteiger charge is -2.08. The lowest BCUT2D eigenvalue weighted by Crippen LogP contribution is -2.02. The molecule has 0 aliphatic rings. The molecule has 2 aromatic carbocycles. The molecule has 4 heteroatoms. The van der Waals surface area contributed by atoms with Crippen molar-refractivity contribution in [2.75, 3.05) is 5.32 Å². The first-order valence-electron chi connectivity index (χ1n) is 5.66. The maximum absolute atomic E-state index is 13.5. The van der Waals surface area contributed by atoms with Crippen molar-refractivity contribution in [1.82, 2.24) is 0 Å². The lowest BCUT2D eigenvalue weighted by molar-refractivity contribution is 0.630. The summed E-state index contributed by atoms with van der Waals surface area (Å²) in [5.41, 5.74) is 8.20. The van der Waals surface area contributed by atoms with Gasteiger partial charge < -0.3 is 11.1 Å². The van der Waals surface area contributed by atoms with Gasteiger partial charge in [0, 0.05) is 17.6 Å². The summed E-state index contributed by atoms with van der Waals surface area (Å²) >= 11 is 3.32. The van der Waals surface area contributed by atoms with Crippen molar-refractivity contribution in [3.05, 3.63) is 63.9 Å². The van der Waals surface area contributed by atoms with Crippen molar-refractivity contribution in [2.45, 2.75) is 13.1 Å². The molecule has 0 saturated heterocycles. The summed E-state index contributed by atoms with van der Waals surface area (Å²) in [6.45, 7) is 1.12. The average molecular weight is 309 g/mol. The van der Waals surface area contributed by atoms with Crippen molar-refractivity contribution in [3.8, 4) is 0 Å². The minimum Gasteiger partial charge on any atom is -0.379 e. The topological polar surface area (TPSA) is 38.0 Å². The molecule has 0 atom stereocenters. The van der Waals surface area contributed by atoms with Crippen molar-refractivity contribution in [1.29, 1.82) is 0 Å². The molecule has 0 aliphatic heterocycles. The molecule has 0 aromatic heterocycles. The number of hydrogen-bond acceptors (Lipinski definition) is 2. The van der Waals surface area contributed by atoms with Crippen LogP contribution in [0.15, 0.2) is 46.9 Å². The van der Waals surface area contributed by atoms with Crippen LogP contribution in [0, 0.1) is 5.82 Å². The summed E-state index contributed by atoms with van der Waals surface area (Å²) in [6.07, 6.45) is 0. The number of nitrogens with two attached hydrogens (primary N) is 1. The van der Waals surface area contributed by atoms with E-state index < -0.39 is 0 Å². The Labute approximate surface area is 114 Å². The molecule has 0 radical (unpaired) electrons. The minimum absolute atomic E-state index is 0.253. The second-order valence-corrected chi connectivity index (χ2v) is 4.91. The summed E-state index contributed by atoms with van der Waals surface area (Å²) in [4.78, 5) is 0. The van der Waals surface area contributed by atoms with E-state index in [1.807, 2.05) is 24.3 Å². The molecule has 18 heavy (non-hydrogen) atoms. The Balaban J connectivity index is 2.04. The standard InChI is InChI=1S/C14H14BrFN2/c15-12-5-6-13(16)14(7-12)18-9-11-3-1-10(8-17)2-4-11/h1-7,18H,8-9,17H2. The van der Waals surface area contributed by atoms with Crippen LogP contribution in [0.3, 0.4) is 0 Å². The van der Waals surface area contributed by atoms with Crippen LogP contribution < -0.4 is 11.1 Å². The number of nitrogens with one attached hydrogen (secondary N) is 1. The maximum atomic E-state index is 13.5. The molecular formula is C14H14BrFN2. The van der Waals surface area contributed by atoms with Gasteiger partial charge >= 0.3 is 0 Å². The first-order chi connectivity index (χ1) is 8.69. The number of rotatable bonds is 4. The van der Waals surface area contributed by atoms with Crippen LogP contribution in [-0.2, 0) is 13.1 Å². The Kier molecular flexibility index (Phi) is 4.33. The number of hydrogen-bond donors (Lipinski definition) is 2. The summed E-state index contributed by atoms with van der Waals surface area (Å²) in [5.74, 6) is -0.253. The summed E-state index contributed by atoms with van der Waals surface area (Å²) < 4.78 is 14.3. The van der Waals surface area contributed by atoms with Gasteiger partial charge in [0.05, 0.1) is 5.69 Å². The van der Waals surface area contributed by atoms with Gasteiger partial charge in [-0.05, 0) is 29.3 Å². The molecule has 94 valence electrons. The molecule has 2 rings (SSSR count). The maximum Gasteiger partial charge on any atom is 0.146 e. The van der Waals surface area contributed by atoms with Gasteiger partial charge in [0.2, 0.25) is 0 Å². The molecule has 0 aliphatic carbocycles. The predicted octanol–water partition coefficient (Wildman–Crippen LogP) is 3.66. The highest BCUT2D eigenvalue weighted by molar-refractivity contribution is 9.10. The van der Waals surface area contributed by atoms with Gasteiger partial charge in [-0.15, -0.1) is 0 Å². The van der Waals surface area contributed by atoms with Crippen LogP contribution in [0.5, 0.6) is 0 Å².